The summed E-state index contributed by atoms with van der Waals surface area (Å²) in [7, 11) is 0. The summed E-state index contributed by atoms with van der Waals surface area (Å²) < 4.78 is 3.85. The first-order chi connectivity index (χ1) is 15.0. The Labute approximate surface area is 185 Å². The molecule has 0 unspecified atom stereocenters. The number of carbonyl (C=O) groups excluding carboxylic acids is 2. The number of hydrogen-bond donors (Lipinski definition) is 1. The normalized spacial score (nSPS) is 14.9. The minimum atomic E-state index is -0.848. The number of nitrogens with one attached hydrogen (secondary N) is 1. The molecule has 1 aliphatic rings. The van der Waals surface area contributed by atoms with E-state index in [9.17, 15) is 9.59 Å². The number of pyridine rings is 1. The standard InChI is InChI=1S/C23H25N5O2S/c1-15-7-8-20(16(2)13-15)28(23(30)19-14-31-27-26-19)21(17-9-11-24-12-10-17)22(29)25-18-5-3-4-6-18/h7-14,18,21H,3-6H2,1-2H3,(H,25,29)/t21-/m1/s1. The highest BCUT2D eigenvalue weighted by Crippen LogP contribution is 2.33. The van der Waals surface area contributed by atoms with Gasteiger partial charge in [-0.05, 0) is 67.5 Å². The highest BCUT2D eigenvalue weighted by Gasteiger charge is 2.36. The molecule has 0 saturated heterocycles. The van der Waals surface area contributed by atoms with Gasteiger partial charge in [0.15, 0.2) is 5.69 Å². The van der Waals surface area contributed by atoms with Gasteiger partial charge in [0.05, 0.1) is 0 Å². The van der Waals surface area contributed by atoms with Gasteiger partial charge in [-0.2, -0.15) is 0 Å². The van der Waals surface area contributed by atoms with E-state index in [1.54, 1.807) is 34.8 Å². The van der Waals surface area contributed by atoms with Crippen LogP contribution in [0.1, 0.15) is 58.9 Å². The van der Waals surface area contributed by atoms with Crippen LogP contribution in [-0.2, 0) is 4.79 Å². The summed E-state index contributed by atoms with van der Waals surface area (Å²) in [5.74, 6) is -0.557. The predicted molar refractivity (Wildman–Crippen MR) is 120 cm³/mol. The van der Waals surface area contributed by atoms with Crippen LogP contribution >= 0.6 is 11.5 Å². The summed E-state index contributed by atoms with van der Waals surface area (Å²) in [6.45, 7) is 3.95. The average Bonchev–Trinajstić information content (AvgIpc) is 3.47. The number of anilines is 1. The molecule has 0 spiro atoms. The molecule has 0 aliphatic heterocycles. The minimum absolute atomic E-state index is 0.133. The molecule has 1 aliphatic carbocycles. The van der Waals surface area contributed by atoms with Gasteiger partial charge in [0, 0.05) is 29.5 Å². The van der Waals surface area contributed by atoms with Crippen molar-refractivity contribution in [3.05, 3.63) is 70.5 Å². The van der Waals surface area contributed by atoms with Crippen LogP contribution in [0.2, 0.25) is 0 Å². The second kappa shape index (κ2) is 9.34. The fourth-order valence-electron chi connectivity index (χ4n) is 4.14. The number of rotatable bonds is 6. The summed E-state index contributed by atoms with van der Waals surface area (Å²) in [5.41, 5.74) is 3.58. The Balaban J connectivity index is 1.82. The predicted octanol–water partition coefficient (Wildman–Crippen LogP) is 4.00. The fourth-order valence-corrected chi connectivity index (χ4v) is 4.57. The topological polar surface area (TPSA) is 88.1 Å². The zero-order chi connectivity index (χ0) is 21.8. The van der Waals surface area contributed by atoms with Crippen LogP contribution in [0, 0.1) is 13.8 Å². The number of amides is 2. The Kier molecular flexibility index (Phi) is 6.36. The van der Waals surface area contributed by atoms with Crippen molar-refractivity contribution in [3.63, 3.8) is 0 Å². The minimum Gasteiger partial charge on any atom is -0.351 e. The second-order valence-corrected chi connectivity index (χ2v) is 8.54. The van der Waals surface area contributed by atoms with Crippen LogP contribution in [0.5, 0.6) is 0 Å². The van der Waals surface area contributed by atoms with Crippen molar-refractivity contribution in [2.75, 3.05) is 4.90 Å². The van der Waals surface area contributed by atoms with Crippen molar-refractivity contribution in [3.8, 4) is 0 Å². The highest BCUT2D eigenvalue weighted by molar-refractivity contribution is 7.03. The van der Waals surface area contributed by atoms with Crippen molar-refractivity contribution >= 4 is 29.0 Å². The van der Waals surface area contributed by atoms with E-state index in [1.807, 2.05) is 32.0 Å². The van der Waals surface area contributed by atoms with Gasteiger partial charge >= 0.3 is 0 Å². The number of aromatic nitrogens is 3. The molecule has 0 bridgehead atoms. The SMILES string of the molecule is Cc1ccc(N(C(=O)c2csnn2)[C@@H](C(=O)NC2CCCC2)c2ccncc2)c(C)c1. The van der Waals surface area contributed by atoms with Gasteiger partial charge in [0.25, 0.3) is 5.91 Å². The van der Waals surface area contributed by atoms with Crippen molar-refractivity contribution < 1.29 is 9.59 Å². The van der Waals surface area contributed by atoms with Gasteiger partial charge in [-0.25, -0.2) is 0 Å². The quantitative estimate of drug-likeness (QED) is 0.632. The molecule has 2 amide bonds. The van der Waals surface area contributed by atoms with Crippen LogP contribution in [0.25, 0.3) is 0 Å². The molecule has 4 rings (SSSR count). The van der Waals surface area contributed by atoms with E-state index in [-0.39, 0.29) is 23.6 Å². The molecule has 8 heteroatoms. The summed E-state index contributed by atoms with van der Waals surface area (Å²) in [6, 6.07) is 8.69. The molecule has 2 heterocycles. The summed E-state index contributed by atoms with van der Waals surface area (Å²) in [6.07, 6.45) is 7.41. The number of benzene rings is 1. The molecule has 31 heavy (non-hydrogen) atoms. The van der Waals surface area contributed by atoms with Gasteiger partial charge < -0.3 is 5.32 Å². The first-order valence-corrected chi connectivity index (χ1v) is 11.3. The molecule has 1 saturated carbocycles. The van der Waals surface area contributed by atoms with Gasteiger partial charge in [0.2, 0.25) is 5.91 Å². The van der Waals surface area contributed by atoms with E-state index >= 15 is 0 Å². The Hall–Kier alpha value is -3.13. The molecule has 0 radical (unpaired) electrons. The van der Waals surface area contributed by atoms with Crippen molar-refractivity contribution in [1.82, 2.24) is 19.9 Å². The monoisotopic (exact) mass is 435 g/mol. The number of nitrogens with zero attached hydrogens (tertiary/aromatic N) is 4. The van der Waals surface area contributed by atoms with E-state index in [4.69, 9.17) is 0 Å². The number of hydrogen-bond acceptors (Lipinski definition) is 6. The number of carbonyl (C=O) groups is 2. The van der Waals surface area contributed by atoms with Crippen LogP contribution in [-0.4, -0.2) is 32.4 Å². The third kappa shape index (κ3) is 4.64. The molecule has 1 atom stereocenters. The van der Waals surface area contributed by atoms with E-state index in [1.165, 1.54) is 0 Å². The lowest BCUT2D eigenvalue weighted by molar-refractivity contribution is -0.123. The van der Waals surface area contributed by atoms with Crippen LogP contribution < -0.4 is 10.2 Å². The van der Waals surface area contributed by atoms with Crippen molar-refractivity contribution in [2.45, 2.75) is 51.6 Å². The van der Waals surface area contributed by atoms with Crippen molar-refractivity contribution in [1.29, 1.82) is 0 Å². The largest absolute Gasteiger partial charge is 0.351 e. The lowest BCUT2D eigenvalue weighted by atomic mass is 10.0. The van der Waals surface area contributed by atoms with E-state index < -0.39 is 6.04 Å². The summed E-state index contributed by atoms with van der Waals surface area (Å²) in [5, 5.41) is 8.76. The van der Waals surface area contributed by atoms with Gasteiger partial charge in [-0.15, -0.1) is 5.10 Å². The molecule has 2 aromatic heterocycles. The van der Waals surface area contributed by atoms with Crippen LogP contribution in [0.3, 0.4) is 0 Å². The Morgan fingerprint density at radius 1 is 1.13 bits per heavy atom. The first kappa shape index (κ1) is 21.1. The molecule has 160 valence electrons. The van der Waals surface area contributed by atoms with E-state index in [2.05, 4.69) is 19.9 Å². The summed E-state index contributed by atoms with van der Waals surface area (Å²) >= 11 is 1.11. The first-order valence-electron chi connectivity index (χ1n) is 10.4. The Bertz CT molecular complexity index is 1050. The van der Waals surface area contributed by atoms with Gasteiger partial charge in [-0.1, -0.05) is 35.0 Å². The highest BCUT2D eigenvalue weighted by atomic mass is 32.1. The lowest BCUT2D eigenvalue weighted by Gasteiger charge is -2.32. The van der Waals surface area contributed by atoms with Gasteiger partial charge in [-0.3, -0.25) is 19.5 Å². The zero-order valence-electron chi connectivity index (χ0n) is 17.6. The Morgan fingerprint density at radius 2 is 1.87 bits per heavy atom. The number of aryl methyl sites for hydroxylation is 2. The molecule has 1 fully saturated rings. The zero-order valence-corrected chi connectivity index (χ0v) is 18.4. The van der Waals surface area contributed by atoms with Crippen molar-refractivity contribution in [2.24, 2.45) is 0 Å². The second-order valence-electron chi connectivity index (χ2n) is 7.93. The van der Waals surface area contributed by atoms with E-state index in [0.717, 1.165) is 48.3 Å². The van der Waals surface area contributed by atoms with Crippen LogP contribution in [0.15, 0.2) is 48.1 Å². The molecular formula is C23H25N5O2S. The Morgan fingerprint density at radius 3 is 2.52 bits per heavy atom. The van der Waals surface area contributed by atoms with Gasteiger partial charge in [0.1, 0.15) is 6.04 Å². The maximum absolute atomic E-state index is 13.6. The van der Waals surface area contributed by atoms with Crippen LogP contribution in [0.4, 0.5) is 5.69 Å². The smallest absolute Gasteiger partial charge is 0.280 e. The maximum Gasteiger partial charge on any atom is 0.280 e. The third-order valence-corrected chi connectivity index (χ3v) is 6.14. The molecule has 1 N–H and O–H groups in total. The van der Waals surface area contributed by atoms with E-state index in [0.29, 0.717) is 11.3 Å². The fraction of sp³-hybridized carbons (Fsp3) is 0.348. The third-order valence-electron chi connectivity index (χ3n) is 5.64. The average molecular weight is 436 g/mol. The molecular weight excluding hydrogens is 410 g/mol. The molecule has 7 nitrogen and oxygen atoms in total. The molecule has 3 aromatic rings. The lowest BCUT2D eigenvalue weighted by Crippen LogP contribution is -2.46. The molecule has 1 aromatic carbocycles. The maximum atomic E-state index is 13.6. The summed E-state index contributed by atoms with van der Waals surface area (Å²) in [4.78, 5) is 32.9.